The minimum Gasteiger partial charge on any atom is -0.347 e. The van der Waals surface area contributed by atoms with Gasteiger partial charge in [-0.3, -0.25) is 24.0 Å². The number of likely N-dealkylation sites (tertiary alicyclic amines) is 1. The number of hydrogen-bond donors (Lipinski definition) is 4. The van der Waals surface area contributed by atoms with E-state index in [1.807, 2.05) is 13.0 Å². The van der Waals surface area contributed by atoms with E-state index in [4.69, 9.17) is 0 Å². The lowest BCUT2D eigenvalue weighted by Gasteiger charge is -2.22. The van der Waals surface area contributed by atoms with Crippen LogP contribution in [0.15, 0.2) is 91.0 Å². The molecule has 1 aliphatic heterocycles. The van der Waals surface area contributed by atoms with Gasteiger partial charge in [-0.2, -0.15) is 0 Å². The molecule has 0 aliphatic carbocycles. The Morgan fingerprint density at radius 3 is 1.91 bits per heavy atom. The molecule has 1 aliphatic rings. The van der Waals surface area contributed by atoms with Gasteiger partial charge in [0.15, 0.2) is 5.78 Å². The predicted molar refractivity (Wildman–Crippen MR) is 203 cm³/mol. The van der Waals surface area contributed by atoms with Gasteiger partial charge >= 0.3 is 12.1 Å². The first kappa shape index (κ1) is 41.6. The number of nitrogens with zero attached hydrogens (tertiary/aromatic N) is 2. The van der Waals surface area contributed by atoms with Crippen molar-refractivity contribution in [2.24, 2.45) is 11.8 Å². The fourth-order valence-corrected chi connectivity index (χ4v) is 6.09. The summed E-state index contributed by atoms with van der Waals surface area (Å²) in [6, 6.07) is 23.5. The highest BCUT2D eigenvalue weighted by Crippen LogP contribution is 2.25. The fraction of sp³-hybridized carbons (Fsp3) is 0.375. The SMILES string of the molecule is C.CCC[C@H](CC(=O)[C@@H]1CN(C(=O)Nc2ccccc2)C[C@@H]1NC(=O)Nc1ccccc1)C(=O)C(=O)CCC(=O)N[C@H](C(=O)N(C)C)c1ccccc1. The van der Waals surface area contributed by atoms with Crippen LogP contribution in [0.5, 0.6) is 0 Å². The molecule has 13 heteroatoms. The van der Waals surface area contributed by atoms with Gasteiger partial charge in [-0.15, -0.1) is 0 Å². The molecule has 4 atom stereocenters. The Balaban J connectivity index is 0.00000756. The van der Waals surface area contributed by atoms with Gasteiger partial charge in [0.05, 0.1) is 12.0 Å². The molecule has 3 aromatic rings. The zero-order valence-electron chi connectivity index (χ0n) is 29.7. The first-order chi connectivity index (χ1) is 25.0. The van der Waals surface area contributed by atoms with Gasteiger partial charge < -0.3 is 31.1 Å². The standard InChI is InChI=1S/C39H46N6O7.CH4/c1-4-14-27(36(49)32(46)21-22-34(48)43-35(37(50)44(2)3)26-15-8-5-9-16-26)23-33(47)30-24-45(39(52)41-29-19-12-7-13-20-29)25-31(30)42-38(51)40-28-17-10-6-11-18-28;/h5-13,15-20,27,30-31,35H,4,14,21-25H2,1-3H3,(H,41,52)(H,43,48)(H2,40,42,51);1H4/t27-,30-,31+,35+;/m1./s1. The highest BCUT2D eigenvalue weighted by atomic mass is 16.2. The Morgan fingerprint density at radius 2 is 1.34 bits per heavy atom. The number of benzene rings is 3. The summed E-state index contributed by atoms with van der Waals surface area (Å²) in [6.07, 6.45) is -0.210. The second-order valence-corrected chi connectivity index (χ2v) is 13.0. The number of nitrogens with one attached hydrogen (secondary N) is 4. The molecule has 6 amide bonds. The van der Waals surface area contributed by atoms with Gasteiger partial charge in [0, 0.05) is 63.7 Å². The summed E-state index contributed by atoms with van der Waals surface area (Å²) in [7, 11) is 3.14. The summed E-state index contributed by atoms with van der Waals surface area (Å²) in [5.74, 6) is -4.62. The van der Waals surface area contributed by atoms with Crippen molar-refractivity contribution in [1.29, 1.82) is 0 Å². The van der Waals surface area contributed by atoms with E-state index in [1.54, 1.807) is 99.0 Å². The molecule has 4 N–H and O–H groups in total. The molecule has 53 heavy (non-hydrogen) atoms. The first-order valence-corrected chi connectivity index (χ1v) is 17.4. The van der Waals surface area contributed by atoms with Crippen molar-refractivity contribution in [3.05, 3.63) is 96.6 Å². The van der Waals surface area contributed by atoms with Crippen LogP contribution in [0.3, 0.4) is 0 Å². The molecular formula is C40H50N6O7. The maximum absolute atomic E-state index is 13.9. The summed E-state index contributed by atoms with van der Waals surface area (Å²) in [5, 5.41) is 11.0. The van der Waals surface area contributed by atoms with E-state index < -0.39 is 59.9 Å². The van der Waals surface area contributed by atoms with Crippen LogP contribution in [0.1, 0.15) is 58.1 Å². The lowest BCUT2D eigenvalue weighted by Crippen LogP contribution is -2.45. The van der Waals surface area contributed by atoms with Gasteiger partial charge in [0.25, 0.3) is 0 Å². The van der Waals surface area contributed by atoms with Crippen LogP contribution >= 0.6 is 0 Å². The van der Waals surface area contributed by atoms with Crippen LogP contribution in [0.4, 0.5) is 21.0 Å². The third-order valence-electron chi connectivity index (χ3n) is 8.83. The number of rotatable bonds is 16. The molecule has 0 radical (unpaired) electrons. The van der Waals surface area contributed by atoms with Crippen LogP contribution in [-0.2, 0) is 24.0 Å². The highest BCUT2D eigenvalue weighted by molar-refractivity contribution is 6.38. The Hall–Kier alpha value is -5.85. The number of urea groups is 2. The molecule has 0 saturated carbocycles. The average Bonchev–Trinajstić information content (AvgIpc) is 3.57. The Labute approximate surface area is 310 Å². The van der Waals surface area contributed by atoms with Crippen molar-refractivity contribution in [2.75, 3.05) is 37.8 Å². The molecule has 13 nitrogen and oxygen atoms in total. The largest absolute Gasteiger partial charge is 0.347 e. The van der Waals surface area contributed by atoms with Crippen molar-refractivity contribution in [3.63, 3.8) is 0 Å². The predicted octanol–water partition coefficient (Wildman–Crippen LogP) is 5.22. The lowest BCUT2D eigenvalue weighted by molar-refractivity contribution is -0.141. The van der Waals surface area contributed by atoms with Gasteiger partial charge in [-0.1, -0.05) is 87.5 Å². The number of amides is 6. The molecule has 3 aromatic carbocycles. The number of Topliss-reactive ketones (excluding diaryl/α,β-unsaturated/α-hetero) is 3. The second-order valence-electron chi connectivity index (χ2n) is 13.0. The second kappa shape index (κ2) is 20.3. The van der Waals surface area contributed by atoms with E-state index in [2.05, 4.69) is 21.3 Å². The van der Waals surface area contributed by atoms with Crippen molar-refractivity contribution in [1.82, 2.24) is 20.4 Å². The van der Waals surface area contributed by atoms with E-state index in [1.165, 1.54) is 9.80 Å². The number of carbonyl (C=O) groups is 7. The van der Waals surface area contributed by atoms with Crippen LogP contribution in [-0.4, -0.2) is 84.3 Å². The lowest BCUT2D eigenvalue weighted by atomic mass is 9.85. The van der Waals surface area contributed by atoms with Gasteiger partial charge in [0.2, 0.25) is 17.6 Å². The fourth-order valence-electron chi connectivity index (χ4n) is 6.09. The van der Waals surface area contributed by atoms with E-state index in [9.17, 15) is 33.6 Å². The minimum absolute atomic E-state index is 0. The number of likely N-dealkylation sites (N-methyl/N-ethyl adjacent to an activating group) is 1. The quantitative estimate of drug-likeness (QED) is 0.147. The average molecular weight is 727 g/mol. The smallest absolute Gasteiger partial charge is 0.321 e. The molecule has 0 aromatic heterocycles. The van der Waals surface area contributed by atoms with Crippen molar-refractivity contribution < 1.29 is 33.6 Å². The van der Waals surface area contributed by atoms with Gasteiger partial charge in [-0.25, -0.2) is 9.59 Å². The Kier molecular flexibility index (Phi) is 15.9. The zero-order valence-corrected chi connectivity index (χ0v) is 29.7. The highest BCUT2D eigenvalue weighted by Gasteiger charge is 2.42. The normalized spacial score (nSPS) is 15.9. The maximum atomic E-state index is 13.9. The number of anilines is 2. The van der Waals surface area contributed by atoms with Gasteiger partial charge in [0.1, 0.15) is 11.8 Å². The third-order valence-corrected chi connectivity index (χ3v) is 8.83. The summed E-state index contributed by atoms with van der Waals surface area (Å²) < 4.78 is 0. The molecule has 282 valence electrons. The molecular weight excluding hydrogens is 676 g/mol. The van der Waals surface area contributed by atoms with Crippen LogP contribution < -0.4 is 21.3 Å². The van der Waals surface area contributed by atoms with Crippen LogP contribution in [0.25, 0.3) is 0 Å². The first-order valence-electron chi connectivity index (χ1n) is 17.4. The molecule has 0 unspecified atom stereocenters. The molecule has 1 fully saturated rings. The van der Waals surface area contributed by atoms with Crippen molar-refractivity contribution in [3.8, 4) is 0 Å². The van der Waals surface area contributed by atoms with E-state index in [0.29, 0.717) is 23.4 Å². The molecule has 1 saturated heterocycles. The van der Waals surface area contributed by atoms with E-state index in [0.717, 1.165) is 0 Å². The molecule has 1 heterocycles. The van der Waals surface area contributed by atoms with E-state index in [-0.39, 0.29) is 51.5 Å². The summed E-state index contributed by atoms with van der Waals surface area (Å²) in [4.78, 5) is 95.1. The Morgan fingerprint density at radius 1 is 0.774 bits per heavy atom. The summed E-state index contributed by atoms with van der Waals surface area (Å²) in [5.41, 5.74) is 1.68. The zero-order chi connectivity index (χ0) is 37.6. The minimum atomic E-state index is -0.961. The number of carbonyl (C=O) groups excluding carboxylic acids is 7. The van der Waals surface area contributed by atoms with Gasteiger partial charge in [-0.05, 0) is 36.2 Å². The van der Waals surface area contributed by atoms with Crippen molar-refractivity contribution >= 4 is 52.6 Å². The van der Waals surface area contributed by atoms with Crippen LogP contribution in [0, 0.1) is 11.8 Å². The third kappa shape index (κ3) is 12.1. The number of hydrogen-bond acceptors (Lipinski definition) is 7. The summed E-state index contributed by atoms with van der Waals surface area (Å²) in [6.45, 7) is 1.86. The maximum Gasteiger partial charge on any atom is 0.321 e. The van der Waals surface area contributed by atoms with Crippen LogP contribution in [0.2, 0.25) is 0 Å². The number of para-hydroxylation sites is 2. The van der Waals surface area contributed by atoms with E-state index >= 15 is 0 Å². The molecule has 4 rings (SSSR count). The molecule has 0 spiro atoms. The molecule has 0 bridgehead atoms. The monoisotopic (exact) mass is 726 g/mol. The van der Waals surface area contributed by atoms with Crippen molar-refractivity contribution in [2.45, 2.75) is 58.5 Å². The number of ketones is 3. The topological polar surface area (TPSA) is 174 Å². The summed E-state index contributed by atoms with van der Waals surface area (Å²) >= 11 is 0. The Bertz CT molecular complexity index is 1720.